The fourth-order valence-corrected chi connectivity index (χ4v) is 3.41. The van der Waals surface area contributed by atoms with Crippen molar-refractivity contribution in [2.75, 3.05) is 18.8 Å². The van der Waals surface area contributed by atoms with E-state index in [1.54, 1.807) is 35.3 Å². The fraction of sp³-hybridized carbons (Fsp3) is 0.167. The number of para-hydroxylation sites is 1. The maximum Gasteiger partial charge on any atom is 0.269 e. The Hall–Kier alpha value is -3.20. The lowest BCUT2D eigenvalue weighted by atomic mass is 10.2. The van der Waals surface area contributed by atoms with Gasteiger partial charge >= 0.3 is 0 Å². The Morgan fingerprint density at radius 1 is 1.26 bits per heavy atom. The summed E-state index contributed by atoms with van der Waals surface area (Å²) >= 11 is 1.17. The van der Waals surface area contributed by atoms with Crippen molar-refractivity contribution in [3.8, 4) is 5.95 Å². The number of thioether (sulfide) groups is 1. The monoisotopic (exact) mass is 382 g/mol. The zero-order chi connectivity index (χ0) is 19.2. The van der Waals surface area contributed by atoms with Crippen molar-refractivity contribution in [2.24, 2.45) is 0 Å². The van der Waals surface area contributed by atoms with Gasteiger partial charge in [-0.1, -0.05) is 36.0 Å². The van der Waals surface area contributed by atoms with Gasteiger partial charge in [-0.2, -0.15) is 10.1 Å². The normalized spacial score (nSPS) is 10.7. The Bertz CT molecular complexity index is 1020. The van der Waals surface area contributed by atoms with Crippen LogP contribution in [0.3, 0.4) is 0 Å². The molecule has 9 heteroatoms. The zero-order valence-electron chi connectivity index (χ0n) is 14.5. The van der Waals surface area contributed by atoms with E-state index in [2.05, 4.69) is 33.3 Å². The van der Waals surface area contributed by atoms with Crippen molar-refractivity contribution < 1.29 is 4.79 Å². The van der Waals surface area contributed by atoms with Crippen molar-refractivity contribution in [2.45, 2.75) is 5.16 Å². The van der Waals surface area contributed by atoms with E-state index in [9.17, 15) is 9.59 Å². The van der Waals surface area contributed by atoms with Gasteiger partial charge in [0.25, 0.3) is 5.56 Å². The molecule has 0 aliphatic rings. The van der Waals surface area contributed by atoms with E-state index in [1.165, 1.54) is 22.7 Å². The van der Waals surface area contributed by atoms with Crippen molar-refractivity contribution in [1.82, 2.24) is 29.6 Å². The van der Waals surface area contributed by atoms with Crippen LogP contribution in [-0.2, 0) is 4.79 Å². The van der Waals surface area contributed by atoms with Gasteiger partial charge in [0.2, 0.25) is 11.9 Å². The summed E-state index contributed by atoms with van der Waals surface area (Å²) in [5, 5.41) is 7.30. The maximum atomic E-state index is 12.9. The van der Waals surface area contributed by atoms with Gasteiger partial charge in [-0.25, -0.2) is 14.6 Å². The number of H-pyrrole nitrogens is 1. The average molecular weight is 382 g/mol. The van der Waals surface area contributed by atoms with E-state index in [-0.39, 0.29) is 23.2 Å². The lowest BCUT2D eigenvalue weighted by Crippen LogP contribution is -2.33. The predicted molar refractivity (Wildman–Crippen MR) is 105 cm³/mol. The minimum Gasteiger partial charge on any atom is -0.335 e. The molecular formula is C18H18N6O2S. The first-order valence-corrected chi connectivity index (χ1v) is 9.14. The summed E-state index contributed by atoms with van der Waals surface area (Å²) in [5.41, 5.74) is 0.281. The van der Waals surface area contributed by atoms with E-state index in [1.807, 2.05) is 6.07 Å². The second-order valence-electron chi connectivity index (χ2n) is 5.53. The van der Waals surface area contributed by atoms with E-state index < -0.39 is 0 Å². The van der Waals surface area contributed by atoms with E-state index in [0.29, 0.717) is 29.1 Å². The minimum atomic E-state index is -0.277. The molecule has 1 aromatic carbocycles. The van der Waals surface area contributed by atoms with Gasteiger partial charge in [0.1, 0.15) is 6.33 Å². The minimum absolute atomic E-state index is 0.105. The first-order chi connectivity index (χ1) is 13.2. The van der Waals surface area contributed by atoms with Crippen LogP contribution in [0.2, 0.25) is 0 Å². The molecule has 1 amide bonds. The van der Waals surface area contributed by atoms with Gasteiger partial charge in [-0.05, 0) is 12.1 Å². The molecule has 0 atom stereocenters. The van der Waals surface area contributed by atoms with Crippen molar-refractivity contribution in [3.63, 3.8) is 0 Å². The third kappa shape index (κ3) is 3.98. The largest absolute Gasteiger partial charge is 0.335 e. The second-order valence-corrected chi connectivity index (χ2v) is 6.47. The predicted octanol–water partition coefficient (Wildman–Crippen LogP) is 1.80. The molecule has 1 N–H and O–H groups in total. The van der Waals surface area contributed by atoms with Crippen LogP contribution in [0, 0.1) is 0 Å². The lowest BCUT2D eigenvalue weighted by molar-refractivity contribution is -0.127. The molecule has 0 aliphatic heterocycles. The lowest BCUT2D eigenvalue weighted by Gasteiger charge is -2.19. The molecule has 0 fully saturated rings. The molecule has 2 aromatic heterocycles. The molecule has 0 saturated heterocycles. The number of hydrogen-bond donors (Lipinski definition) is 1. The van der Waals surface area contributed by atoms with Gasteiger partial charge in [0.15, 0.2) is 5.16 Å². The highest BCUT2D eigenvalue weighted by Crippen LogP contribution is 2.20. The molecule has 2 heterocycles. The third-order valence-corrected chi connectivity index (χ3v) is 4.66. The number of benzene rings is 1. The van der Waals surface area contributed by atoms with Gasteiger partial charge in [0.05, 0.1) is 16.7 Å². The number of nitrogens with one attached hydrogen (secondary N) is 1. The van der Waals surface area contributed by atoms with E-state index >= 15 is 0 Å². The van der Waals surface area contributed by atoms with Crippen LogP contribution in [0.15, 0.2) is 65.9 Å². The summed E-state index contributed by atoms with van der Waals surface area (Å²) in [6, 6.07) is 7.04. The molecule has 8 nitrogen and oxygen atoms in total. The Labute approximate surface area is 159 Å². The quantitative estimate of drug-likeness (QED) is 0.362. The van der Waals surface area contributed by atoms with Crippen molar-refractivity contribution >= 4 is 28.6 Å². The Kier molecular flexibility index (Phi) is 5.82. The summed E-state index contributed by atoms with van der Waals surface area (Å²) in [4.78, 5) is 35.6. The van der Waals surface area contributed by atoms with Crippen molar-refractivity contribution in [1.29, 1.82) is 0 Å². The number of nitrogens with zero attached hydrogens (tertiary/aromatic N) is 5. The molecule has 3 rings (SSSR count). The van der Waals surface area contributed by atoms with E-state index in [0.717, 1.165) is 0 Å². The molecule has 0 saturated carbocycles. The number of carbonyl (C=O) groups excluding carboxylic acids is 1. The van der Waals surface area contributed by atoms with Gasteiger partial charge < -0.3 is 4.90 Å². The molecule has 0 radical (unpaired) electrons. The number of amides is 1. The smallest absolute Gasteiger partial charge is 0.269 e. The first-order valence-electron chi connectivity index (χ1n) is 8.15. The maximum absolute atomic E-state index is 12.9. The molecule has 0 spiro atoms. The Morgan fingerprint density at radius 2 is 2.00 bits per heavy atom. The first kappa shape index (κ1) is 18.6. The average Bonchev–Trinajstić information content (AvgIpc) is 3.20. The Morgan fingerprint density at radius 3 is 2.67 bits per heavy atom. The van der Waals surface area contributed by atoms with Crippen LogP contribution in [0.1, 0.15) is 0 Å². The molecule has 27 heavy (non-hydrogen) atoms. The molecular weight excluding hydrogens is 364 g/mol. The van der Waals surface area contributed by atoms with Gasteiger partial charge in [0, 0.05) is 13.1 Å². The number of fused-ring (bicyclic) bond motifs is 1. The fourth-order valence-electron chi connectivity index (χ4n) is 2.51. The summed E-state index contributed by atoms with van der Waals surface area (Å²) in [6.07, 6.45) is 4.63. The summed E-state index contributed by atoms with van der Waals surface area (Å²) < 4.78 is 1.33. The van der Waals surface area contributed by atoms with Crippen LogP contribution in [-0.4, -0.2) is 54.4 Å². The van der Waals surface area contributed by atoms with Crippen molar-refractivity contribution in [3.05, 3.63) is 66.3 Å². The number of carbonyl (C=O) groups is 1. The standard InChI is InChI=1S/C18H18N6O2S/c1-3-9-23(10-4-2)15(25)11-27-18-21-14-8-6-5-7-13(14)16(26)24(18)17-19-12-20-22-17/h3-8,12H,1-2,9-11H2,(H,19,20,22). The second kappa shape index (κ2) is 8.45. The van der Waals surface area contributed by atoms with Crippen LogP contribution < -0.4 is 5.56 Å². The number of aromatic amines is 1. The highest BCUT2D eigenvalue weighted by molar-refractivity contribution is 7.99. The highest BCUT2D eigenvalue weighted by atomic mass is 32.2. The van der Waals surface area contributed by atoms with Crippen LogP contribution >= 0.6 is 11.8 Å². The summed E-state index contributed by atoms with van der Waals surface area (Å²) in [6.45, 7) is 8.17. The molecule has 0 bridgehead atoms. The molecule has 3 aromatic rings. The summed E-state index contributed by atoms with van der Waals surface area (Å²) in [7, 11) is 0. The van der Waals surface area contributed by atoms with E-state index in [4.69, 9.17) is 0 Å². The van der Waals surface area contributed by atoms with Crippen LogP contribution in [0.4, 0.5) is 0 Å². The van der Waals surface area contributed by atoms with Crippen LogP contribution in [0.5, 0.6) is 0 Å². The number of hydrogen-bond acceptors (Lipinski definition) is 6. The molecule has 0 unspecified atom stereocenters. The third-order valence-electron chi connectivity index (χ3n) is 3.74. The number of aromatic nitrogens is 5. The topological polar surface area (TPSA) is 96.8 Å². The van der Waals surface area contributed by atoms with Crippen LogP contribution in [0.25, 0.3) is 16.9 Å². The molecule has 138 valence electrons. The SMILES string of the molecule is C=CCN(CC=C)C(=O)CSc1nc2ccccc2c(=O)n1-c1ncn[nH]1. The highest BCUT2D eigenvalue weighted by Gasteiger charge is 2.18. The molecule has 0 aliphatic carbocycles. The Balaban J connectivity index is 1.97. The summed E-state index contributed by atoms with van der Waals surface area (Å²) in [5.74, 6) is 0.259. The van der Waals surface area contributed by atoms with Gasteiger partial charge in [-0.15, -0.1) is 13.2 Å². The zero-order valence-corrected chi connectivity index (χ0v) is 15.4. The van der Waals surface area contributed by atoms with Gasteiger partial charge in [-0.3, -0.25) is 9.59 Å². The number of rotatable bonds is 8.